The average molecular weight is 310 g/mol. The number of thiazole rings is 1. The first kappa shape index (κ1) is 15.2. The summed E-state index contributed by atoms with van der Waals surface area (Å²) >= 11 is 3.30. The Labute approximate surface area is 126 Å². The molecule has 0 saturated carbocycles. The molecule has 4 nitrogen and oxygen atoms in total. The Morgan fingerprint density at radius 2 is 2.25 bits per heavy atom. The maximum Gasteiger partial charge on any atom is 0.309 e. The summed E-state index contributed by atoms with van der Waals surface area (Å²) in [5.41, 5.74) is 1.49. The zero-order valence-corrected chi connectivity index (χ0v) is 13.2. The molecule has 0 saturated heterocycles. The van der Waals surface area contributed by atoms with Gasteiger partial charge < -0.3 is 10.4 Å². The minimum absolute atomic E-state index is 0.601. The Morgan fingerprint density at radius 1 is 1.45 bits per heavy atom. The number of aliphatic carboxylic acids is 1. The van der Waals surface area contributed by atoms with E-state index in [2.05, 4.69) is 21.7 Å². The molecule has 0 aromatic carbocycles. The van der Waals surface area contributed by atoms with Gasteiger partial charge in [0.05, 0.1) is 11.1 Å². The fraction of sp³-hybridized carbons (Fsp3) is 0.429. The molecule has 0 radical (unpaired) electrons. The number of carboxylic acids is 1. The lowest BCUT2D eigenvalue weighted by molar-refractivity contribution is -0.147. The van der Waals surface area contributed by atoms with Crippen LogP contribution in [-0.4, -0.2) is 22.6 Å². The molecule has 0 aliphatic carbocycles. The van der Waals surface area contributed by atoms with E-state index in [9.17, 15) is 4.79 Å². The fourth-order valence-electron chi connectivity index (χ4n) is 1.63. The molecule has 0 atom stereocenters. The number of nitrogens with one attached hydrogen (secondary N) is 1. The first-order valence-corrected chi connectivity index (χ1v) is 8.22. The first-order chi connectivity index (χ1) is 9.49. The number of hydrogen-bond acceptors (Lipinski definition) is 5. The van der Waals surface area contributed by atoms with E-state index in [1.165, 1.54) is 5.56 Å². The maximum absolute atomic E-state index is 11.0. The van der Waals surface area contributed by atoms with E-state index >= 15 is 0 Å². The van der Waals surface area contributed by atoms with Gasteiger partial charge in [-0.15, -0.1) is 11.3 Å². The van der Waals surface area contributed by atoms with Crippen molar-refractivity contribution in [1.29, 1.82) is 0 Å². The minimum atomic E-state index is -0.757. The standard InChI is InChI=1S/C14H18N2O2S2/c1-14(2,13(17)18)4-5-15-7-11-9-20-12(16-11)10-3-6-19-8-10/h3,6,8-9,15H,4-5,7H2,1-2H3,(H,17,18). The molecule has 2 aromatic rings. The van der Waals surface area contributed by atoms with Gasteiger partial charge in [-0.3, -0.25) is 4.79 Å². The number of nitrogens with zero attached hydrogens (tertiary/aromatic N) is 1. The Balaban J connectivity index is 1.79. The molecule has 0 fully saturated rings. The quantitative estimate of drug-likeness (QED) is 0.769. The lowest BCUT2D eigenvalue weighted by Crippen LogP contribution is -2.28. The number of carbonyl (C=O) groups is 1. The number of thiophene rings is 1. The van der Waals surface area contributed by atoms with Gasteiger partial charge >= 0.3 is 5.97 Å². The van der Waals surface area contributed by atoms with Crippen LogP contribution >= 0.6 is 22.7 Å². The highest BCUT2D eigenvalue weighted by Crippen LogP contribution is 2.25. The van der Waals surface area contributed by atoms with Gasteiger partial charge in [-0.2, -0.15) is 11.3 Å². The summed E-state index contributed by atoms with van der Waals surface area (Å²) in [5.74, 6) is -0.757. The van der Waals surface area contributed by atoms with Crippen LogP contribution in [0.1, 0.15) is 26.0 Å². The molecule has 0 bridgehead atoms. The van der Waals surface area contributed by atoms with Crippen molar-refractivity contribution >= 4 is 28.6 Å². The van der Waals surface area contributed by atoms with Crippen LogP contribution in [0.3, 0.4) is 0 Å². The predicted molar refractivity (Wildman–Crippen MR) is 83.2 cm³/mol. The summed E-state index contributed by atoms with van der Waals surface area (Å²) in [6.45, 7) is 4.84. The third kappa shape index (κ3) is 3.88. The highest BCUT2D eigenvalue weighted by molar-refractivity contribution is 7.14. The molecule has 0 spiro atoms. The van der Waals surface area contributed by atoms with Gasteiger partial charge in [0.25, 0.3) is 0 Å². The molecule has 0 amide bonds. The van der Waals surface area contributed by atoms with Crippen LogP contribution in [0.2, 0.25) is 0 Å². The summed E-state index contributed by atoms with van der Waals surface area (Å²) in [5, 5.41) is 19.5. The molecule has 0 aliphatic heterocycles. The van der Waals surface area contributed by atoms with Gasteiger partial charge in [0.2, 0.25) is 0 Å². The van der Waals surface area contributed by atoms with Crippen molar-refractivity contribution in [2.45, 2.75) is 26.8 Å². The van der Waals surface area contributed by atoms with Gasteiger partial charge in [-0.1, -0.05) is 0 Å². The van der Waals surface area contributed by atoms with E-state index in [0.29, 0.717) is 19.5 Å². The minimum Gasteiger partial charge on any atom is -0.481 e. The van der Waals surface area contributed by atoms with E-state index in [0.717, 1.165) is 10.7 Å². The third-order valence-corrected chi connectivity index (χ3v) is 4.76. The molecule has 2 rings (SSSR count). The molecule has 2 N–H and O–H groups in total. The van der Waals surface area contributed by atoms with Gasteiger partial charge in [0.15, 0.2) is 0 Å². The zero-order valence-electron chi connectivity index (χ0n) is 11.5. The molecule has 108 valence electrons. The topological polar surface area (TPSA) is 62.2 Å². The van der Waals surface area contributed by atoms with Crippen LogP contribution in [0, 0.1) is 5.41 Å². The SMILES string of the molecule is CC(C)(CCNCc1csc(-c2ccsc2)n1)C(=O)O. The van der Waals surface area contributed by atoms with Crippen molar-refractivity contribution in [3.63, 3.8) is 0 Å². The van der Waals surface area contributed by atoms with E-state index in [-0.39, 0.29) is 0 Å². The Kier molecular flexibility index (Phi) is 4.91. The predicted octanol–water partition coefficient (Wildman–Crippen LogP) is 3.46. The van der Waals surface area contributed by atoms with Gasteiger partial charge in [-0.05, 0) is 38.3 Å². The summed E-state index contributed by atoms with van der Waals surface area (Å²) in [4.78, 5) is 15.6. The Bertz CT molecular complexity index is 562. The van der Waals surface area contributed by atoms with Crippen molar-refractivity contribution in [2.24, 2.45) is 5.41 Å². The lowest BCUT2D eigenvalue weighted by atomic mass is 9.90. The largest absolute Gasteiger partial charge is 0.481 e. The summed E-state index contributed by atoms with van der Waals surface area (Å²) in [6, 6.07) is 2.07. The van der Waals surface area contributed by atoms with Crippen molar-refractivity contribution < 1.29 is 9.90 Å². The van der Waals surface area contributed by atoms with Gasteiger partial charge in [0, 0.05) is 22.9 Å². The summed E-state index contributed by atoms with van der Waals surface area (Å²) in [7, 11) is 0. The van der Waals surface area contributed by atoms with Crippen LogP contribution in [-0.2, 0) is 11.3 Å². The number of hydrogen-bond donors (Lipinski definition) is 2. The molecular formula is C14H18N2O2S2. The zero-order chi connectivity index (χ0) is 14.6. The summed E-state index contributed by atoms with van der Waals surface area (Å²) in [6.07, 6.45) is 0.601. The van der Waals surface area contributed by atoms with Crippen LogP contribution in [0.5, 0.6) is 0 Å². The molecule has 6 heteroatoms. The maximum atomic E-state index is 11.0. The first-order valence-electron chi connectivity index (χ1n) is 6.40. The van der Waals surface area contributed by atoms with Gasteiger partial charge in [-0.25, -0.2) is 4.98 Å². The molecule has 2 aromatic heterocycles. The Morgan fingerprint density at radius 3 is 2.90 bits per heavy atom. The fourth-order valence-corrected chi connectivity index (χ4v) is 3.16. The van der Waals surface area contributed by atoms with Crippen molar-refractivity contribution in [3.05, 3.63) is 27.9 Å². The van der Waals surface area contributed by atoms with E-state index < -0.39 is 11.4 Å². The monoisotopic (exact) mass is 310 g/mol. The van der Waals surface area contributed by atoms with Crippen LogP contribution < -0.4 is 5.32 Å². The number of carboxylic acid groups (broad SMARTS) is 1. The highest BCUT2D eigenvalue weighted by Gasteiger charge is 2.26. The highest BCUT2D eigenvalue weighted by atomic mass is 32.1. The molecule has 2 heterocycles. The Hall–Kier alpha value is -1.24. The van der Waals surface area contributed by atoms with Crippen molar-refractivity contribution in [2.75, 3.05) is 6.54 Å². The number of rotatable bonds is 7. The van der Waals surface area contributed by atoms with E-state index in [1.54, 1.807) is 36.5 Å². The third-order valence-electron chi connectivity index (χ3n) is 3.13. The van der Waals surface area contributed by atoms with E-state index in [4.69, 9.17) is 5.11 Å². The van der Waals surface area contributed by atoms with Crippen molar-refractivity contribution in [3.8, 4) is 10.6 Å². The van der Waals surface area contributed by atoms with Crippen LogP contribution in [0.25, 0.3) is 10.6 Å². The normalized spacial score (nSPS) is 11.7. The smallest absolute Gasteiger partial charge is 0.309 e. The second-order valence-corrected chi connectivity index (χ2v) is 6.91. The molecular weight excluding hydrogens is 292 g/mol. The van der Waals surface area contributed by atoms with E-state index in [1.807, 2.05) is 10.8 Å². The van der Waals surface area contributed by atoms with Crippen LogP contribution in [0.4, 0.5) is 0 Å². The van der Waals surface area contributed by atoms with Crippen molar-refractivity contribution in [1.82, 2.24) is 10.3 Å². The number of aromatic nitrogens is 1. The molecule has 0 aliphatic rings. The molecule has 0 unspecified atom stereocenters. The molecule has 20 heavy (non-hydrogen) atoms. The summed E-state index contributed by atoms with van der Waals surface area (Å²) < 4.78 is 0. The van der Waals surface area contributed by atoms with Crippen LogP contribution in [0.15, 0.2) is 22.2 Å². The lowest BCUT2D eigenvalue weighted by Gasteiger charge is -2.18. The average Bonchev–Trinajstić information content (AvgIpc) is 3.05. The second-order valence-electron chi connectivity index (χ2n) is 5.27. The second kappa shape index (κ2) is 6.47. The van der Waals surface area contributed by atoms with Gasteiger partial charge in [0.1, 0.15) is 5.01 Å².